The Kier molecular flexibility index (Phi) is 6.87. The summed E-state index contributed by atoms with van der Waals surface area (Å²) >= 11 is 0. The van der Waals surface area contributed by atoms with Crippen LogP contribution in [-0.2, 0) is 17.6 Å². The number of ketones is 1. The molecule has 1 aliphatic heterocycles. The Bertz CT molecular complexity index is 963. The van der Waals surface area contributed by atoms with Crippen LogP contribution in [0.3, 0.4) is 0 Å². The van der Waals surface area contributed by atoms with E-state index in [2.05, 4.69) is 17.0 Å². The number of aliphatic hydroxyl groups is 1. The van der Waals surface area contributed by atoms with Crippen molar-refractivity contribution in [3.05, 3.63) is 83.4 Å². The number of hydrogen-bond acceptors (Lipinski definition) is 4. The van der Waals surface area contributed by atoms with Crippen LogP contribution in [0.25, 0.3) is 0 Å². The molecule has 2 aromatic rings. The molecular formula is C27H31NO4. The number of nitrogens with zero attached hydrogens (tertiary/aromatic N) is 1. The largest absolute Gasteiger partial charge is 0.478 e. The lowest BCUT2D eigenvalue weighted by Crippen LogP contribution is -2.42. The second-order valence-electron chi connectivity index (χ2n) is 9.16. The molecule has 1 aliphatic carbocycles. The zero-order valence-electron chi connectivity index (χ0n) is 18.3. The van der Waals surface area contributed by atoms with Crippen LogP contribution in [0.5, 0.6) is 0 Å². The van der Waals surface area contributed by atoms with Crippen LogP contribution >= 0.6 is 0 Å². The highest BCUT2D eigenvalue weighted by molar-refractivity contribution is 5.88. The third-order valence-corrected chi connectivity index (χ3v) is 7.11. The zero-order valence-corrected chi connectivity index (χ0v) is 18.3. The Morgan fingerprint density at radius 3 is 2.44 bits per heavy atom. The van der Waals surface area contributed by atoms with Gasteiger partial charge in [-0.25, -0.2) is 4.79 Å². The molecule has 0 bridgehead atoms. The minimum atomic E-state index is -0.929. The fourth-order valence-corrected chi connectivity index (χ4v) is 4.94. The van der Waals surface area contributed by atoms with Crippen molar-refractivity contribution >= 4 is 11.8 Å². The average molecular weight is 434 g/mol. The van der Waals surface area contributed by atoms with E-state index in [1.807, 2.05) is 42.5 Å². The highest BCUT2D eigenvalue weighted by atomic mass is 16.4. The van der Waals surface area contributed by atoms with Gasteiger partial charge in [-0.1, -0.05) is 61.0 Å². The first-order valence-electron chi connectivity index (χ1n) is 11.5. The number of carboxylic acid groups (broad SMARTS) is 1. The van der Waals surface area contributed by atoms with E-state index < -0.39 is 12.1 Å². The molecule has 2 atom stereocenters. The molecule has 32 heavy (non-hydrogen) atoms. The summed E-state index contributed by atoms with van der Waals surface area (Å²) in [7, 11) is 0. The molecule has 0 radical (unpaired) electrons. The third kappa shape index (κ3) is 5.00. The summed E-state index contributed by atoms with van der Waals surface area (Å²) in [6, 6.07) is 16.9. The van der Waals surface area contributed by atoms with Gasteiger partial charge in [0, 0.05) is 24.9 Å². The normalized spacial score (nSPS) is 21.5. The number of aliphatic hydroxyl groups excluding tert-OH is 1. The van der Waals surface area contributed by atoms with Gasteiger partial charge in [0.05, 0.1) is 17.7 Å². The van der Waals surface area contributed by atoms with E-state index in [1.165, 1.54) is 5.56 Å². The van der Waals surface area contributed by atoms with Gasteiger partial charge in [-0.2, -0.15) is 0 Å². The van der Waals surface area contributed by atoms with Gasteiger partial charge < -0.3 is 10.2 Å². The van der Waals surface area contributed by atoms with E-state index in [0.717, 1.165) is 44.2 Å². The average Bonchev–Trinajstić information content (AvgIpc) is 3.13. The monoisotopic (exact) mass is 433 g/mol. The van der Waals surface area contributed by atoms with Crippen LogP contribution in [0.4, 0.5) is 0 Å². The Morgan fingerprint density at radius 1 is 1.09 bits per heavy atom. The minimum absolute atomic E-state index is 0.129. The number of rotatable bonds is 9. The topological polar surface area (TPSA) is 77.8 Å². The lowest BCUT2D eigenvalue weighted by molar-refractivity contribution is -0.118. The predicted molar refractivity (Wildman–Crippen MR) is 124 cm³/mol. The number of carbonyl (C=O) groups is 2. The van der Waals surface area contributed by atoms with Gasteiger partial charge >= 0.3 is 5.97 Å². The van der Waals surface area contributed by atoms with Gasteiger partial charge in [-0.3, -0.25) is 9.69 Å². The van der Waals surface area contributed by atoms with Gasteiger partial charge in [0.1, 0.15) is 0 Å². The van der Waals surface area contributed by atoms with Crippen molar-refractivity contribution < 1.29 is 19.8 Å². The van der Waals surface area contributed by atoms with Gasteiger partial charge in [-0.15, -0.1) is 0 Å². The molecule has 1 heterocycles. The molecule has 0 aromatic heterocycles. The van der Waals surface area contributed by atoms with Gasteiger partial charge in [0.2, 0.25) is 0 Å². The van der Waals surface area contributed by atoms with Crippen LogP contribution in [0.1, 0.15) is 47.2 Å². The first-order valence-corrected chi connectivity index (χ1v) is 11.5. The number of Topliss-reactive ketones (excluding diaryl/α,β-unsaturated/α-hetero) is 1. The number of benzene rings is 2. The van der Waals surface area contributed by atoms with Crippen molar-refractivity contribution in [2.45, 2.75) is 50.7 Å². The Morgan fingerprint density at radius 2 is 1.81 bits per heavy atom. The quantitative estimate of drug-likeness (QED) is 0.587. The van der Waals surface area contributed by atoms with E-state index >= 15 is 0 Å². The molecule has 2 aromatic carbocycles. The lowest BCUT2D eigenvalue weighted by Gasteiger charge is -2.45. The maximum absolute atomic E-state index is 12.5. The van der Waals surface area contributed by atoms with E-state index in [1.54, 1.807) is 12.1 Å². The Balaban J connectivity index is 1.37. The summed E-state index contributed by atoms with van der Waals surface area (Å²) in [5.41, 5.74) is 2.44. The van der Waals surface area contributed by atoms with Crippen molar-refractivity contribution in [3.8, 4) is 0 Å². The van der Waals surface area contributed by atoms with Gasteiger partial charge in [0.15, 0.2) is 5.78 Å². The van der Waals surface area contributed by atoms with Crippen LogP contribution in [0.2, 0.25) is 0 Å². The Hall–Kier alpha value is -2.76. The highest BCUT2D eigenvalue weighted by Crippen LogP contribution is 2.47. The third-order valence-electron chi connectivity index (χ3n) is 7.11. The minimum Gasteiger partial charge on any atom is -0.478 e. The van der Waals surface area contributed by atoms with Gasteiger partial charge in [-0.05, 0) is 48.9 Å². The number of carbonyl (C=O) groups excluding carboxylic acids is 1. The van der Waals surface area contributed by atoms with Gasteiger partial charge in [0.25, 0.3) is 0 Å². The molecule has 2 fully saturated rings. The number of likely N-dealkylation sites (tertiary alicyclic amines) is 1. The maximum Gasteiger partial charge on any atom is 0.335 e. The smallest absolute Gasteiger partial charge is 0.335 e. The molecular weight excluding hydrogens is 402 g/mol. The molecule has 0 spiro atoms. The highest BCUT2D eigenvalue weighted by Gasteiger charge is 2.42. The lowest BCUT2D eigenvalue weighted by atomic mass is 9.62. The summed E-state index contributed by atoms with van der Waals surface area (Å²) in [4.78, 5) is 25.7. The van der Waals surface area contributed by atoms with Crippen molar-refractivity contribution in [2.24, 2.45) is 5.41 Å². The molecule has 5 heteroatoms. The molecule has 0 amide bonds. The van der Waals surface area contributed by atoms with Crippen molar-refractivity contribution in [1.82, 2.24) is 4.90 Å². The fraction of sp³-hybridized carbons (Fsp3) is 0.407. The second-order valence-corrected chi connectivity index (χ2v) is 9.16. The molecule has 1 saturated carbocycles. The summed E-state index contributed by atoms with van der Waals surface area (Å²) in [6.45, 7) is 1.44. The summed E-state index contributed by atoms with van der Waals surface area (Å²) < 4.78 is 0. The van der Waals surface area contributed by atoms with Crippen LogP contribution in [0.15, 0.2) is 66.7 Å². The second kappa shape index (κ2) is 9.80. The number of aromatic carboxylic acids is 1. The molecule has 168 valence electrons. The molecule has 2 aliphatic rings. The molecule has 5 nitrogen and oxygen atoms in total. The first kappa shape index (κ1) is 22.4. The van der Waals surface area contributed by atoms with Crippen molar-refractivity contribution in [1.29, 1.82) is 0 Å². The van der Waals surface area contributed by atoms with E-state index in [4.69, 9.17) is 5.11 Å². The zero-order chi connectivity index (χ0) is 22.6. The van der Waals surface area contributed by atoms with Crippen LogP contribution in [0, 0.1) is 5.41 Å². The molecule has 0 unspecified atom stereocenters. The number of hydrogen-bond donors (Lipinski definition) is 2. The van der Waals surface area contributed by atoms with Crippen LogP contribution < -0.4 is 0 Å². The van der Waals surface area contributed by atoms with E-state index in [0.29, 0.717) is 13.0 Å². The van der Waals surface area contributed by atoms with E-state index in [9.17, 15) is 14.7 Å². The molecule has 1 saturated heterocycles. The standard InChI is InChI=1S/C27H31NO4/c29-24-14-18-28(17-13-20-7-9-22(10-8-20)26(31)32)23(24)11-12-25(30)27(15-4-16-27)19-21-5-2-1-3-6-21/h1-3,5-12,23,25,30H,4,13-19H2,(H,31,32)/t23-,25-/m1/s1. The SMILES string of the molecule is O=C(O)c1ccc(CCN2CCC(=O)[C@H]2C=C[C@@H](O)C2(Cc3ccccc3)CCC2)cc1. The first-order chi connectivity index (χ1) is 15.5. The predicted octanol–water partition coefficient (Wildman–Crippen LogP) is 3.90. The van der Waals surface area contributed by atoms with E-state index in [-0.39, 0.29) is 22.8 Å². The maximum atomic E-state index is 12.5. The Labute approximate surface area is 189 Å². The van der Waals surface area contributed by atoms with Crippen molar-refractivity contribution in [3.63, 3.8) is 0 Å². The van der Waals surface area contributed by atoms with Crippen molar-refractivity contribution in [2.75, 3.05) is 13.1 Å². The fourth-order valence-electron chi connectivity index (χ4n) is 4.94. The summed E-state index contributed by atoms with van der Waals surface area (Å²) in [5, 5.41) is 20.1. The van der Waals surface area contributed by atoms with Crippen LogP contribution in [-0.4, -0.2) is 52.1 Å². The molecule has 4 rings (SSSR count). The molecule has 2 N–H and O–H groups in total. The summed E-state index contributed by atoms with van der Waals surface area (Å²) in [6.07, 6.45) is 8.46. The summed E-state index contributed by atoms with van der Waals surface area (Å²) in [5.74, 6) is -0.734. The number of carboxylic acids is 1.